The molecule has 1 unspecified atom stereocenters. The van der Waals surface area contributed by atoms with Gasteiger partial charge in [-0.2, -0.15) is 5.26 Å². The minimum Gasteiger partial charge on any atom is -0.497 e. The number of carbonyl (C=O) groups is 3. The smallest absolute Gasteiger partial charge is 0.335 e. The van der Waals surface area contributed by atoms with Crippen molar-refractivity contribution in [3.63, 3.8) is 0 Å². The predicted molar refractivity (Wildman–Crippen MR) is 154 cm³/mol. The van der Waals surface area contributed by atoms with E-state index in [1.165, 1.54) is 23.5 Å². The van der Waals surface area contributed by atoms with Crippen LogP contribution in [0.4, 0.5) is 10.8 Å². The molecule has 5 rings (SSSR count). The number of carboxylic acids is 1. The number of amides is 1. The van der Waals surface area contributed by atoms with Crippen LogP contribution in [-0.4, -0.2) is 45.8 Å². The molecule has 4 N–H and O–H groups in total. The van der Waals surface area contributed by atoms with E-state index in [0.29, 0.717) is 51.4 Å². The summed E-state index contributed by atoms with van der Waals surface area (Å²) in [6.07, 6.45) is 1.59. The van der Waals surface area contributed by atoms with Crippen LogP contribution in [0.25, 0.3) is 0 Å². The number of allylic oxidation sites excluding steroid dienone is 3. The van der Waals surface area contributed by atoms with Crippen LogP contribution in [0.5, 0.6) is 5.75 Å². The summed E-state index contributed by atoms with van der Waals surface area (Å²) in [7, 11) is 1.57. The Bertz CT molecular complexity index is 1640. The van der Waals surface area contributed by atoms with Crippen LogP contribution in [0.3, 0.4) is 0 Å². The third-order valence-corrected chi connectivity index (χ3v) is 8.71. The van der Waals surface area contributed by atoms with Crippen molar-refractivity contribution in [1.29, 1.82) is 5.26 Å². The number of aromatic nitrogens is 2. The SMILES string of the molecule is COc1ccc(C2C(C#N)=C(N)N(c3nnc(SCC(=O)Nc4cccc(C(=O)O)c4)s3)C3=C2C(=O)CCC3)cc1. The molecule has 0 radical (unpaired) electrons. The Kier molecular flexibility index (Phi) is 8.04. The fourth-order valence-corrected chi connectivity index (χ4v) is 6.52. The first kappa shape index (κ1) is 27.9. The first-order valence-corrected chi connectivity index (χ1v) is 14.3. The van der Waals surface area contributed by atoms with E-state index < -0.39 is 11.9 Å². The maximum atomic E-state index is 13.3. The first-order valence-electron chi connectivity index (χ1n) is 12.5. The lowest BCUT2D eigenvalue weighted by atomic mass is 9.76. The van der Waals surface area contributed by atoms with Gasteiger partial charge < -0.3 is 20.9 Å². The Labute approximate surface area is 243 Å². The number of carboxylic acid groups (broad SMARTS) is 1. The summed E-state index contributed by atoms with van der Waals surface area (Å²) >= 11 is 2.35. The highest BCUT2D eigenvalue weighted by Crippen LogP contribution is 2.47. The molecule has 1 aliphatic heterocycles. The number of thioether (sulfide) groups is 1. The molecule has 1 aliphatic carbocycles. The Hall–Kier alpha value is -4.67. The van der Waals surface area contributed by atoms with Gasteiger partial charge in [0.15, 0.2) is 10.1 Å². The second-order valence-corrected chi connectivity index (χ2v) is 11.3. The molecular weight excluding hydrogens is 564 g/mol. The molecule has 13 heteroatoms. The van der Waals surface area contributed by atoms with Gasteiger partial charge in [0.1, 0.15) is 11.6 Å². The Morgan fingerprint density at radius 3 is 2.73 bits per heavy atom. The van der Waals surface area contributed by atoms with Crippen molar-refractivity contribution in [2.45, 2.75) is 29.5 Å². The Morgan fingerprint density at radius 1 is 1.24 bits per heavy atom. The minimum absolute atomic E-state index is 0.00662. The summed E-state index contributed by atoms with van der Waals surface area (Å²) in [5, 5.41) is 30.9. The number of nitriles is 1. The molecule has 0 spiro atoms. The average molecular weight is 589 g/mol. The average Bonchev–Trinajstić information content (AvgIpc) is 3.44. The lowest BCUT2D eigenvalue weighted by Crippen LogP contribution is -2.38. The zero-order chi connectivity index (χ0) is 29.1. The summed E-state index contributed by atoms with van der Waals surface area (Å²) in [6.45, 7) is 0. The van der Waals surface area contributed by atoms with Crippen LogP contribution < -0.4 is 20.7 Å². The van der Waals surface area contributed by atoms with Gasteiger partial charge in [-0.25, -0.2) is 4.79 Å². The van der Waals surface area contributed by atoms with E-state index in [1.807, 2.05) is 12.1 Å². The number of nitrogens with one attached hydrogen (secondary N) is 1. The molecule has 41 heavy (non-hydrogen) atoms. The molecule has 3 aromatic rings. The highest BCUT2D eigenvalue weighted by Gasteiger charge is 2.41. The van der Waals surface area contributed by atoms with E-state index in [4.69, 9.17) is 15.6 Å². The number of ketones is 1. The van der Waals surface area contributed by atoms with Gasteiger partial charge in [-0.3, -0.25) is 14.5 Å². The van der Waals surface area contributed by atoms with Gasteiger partial charge in [0, 0.05) is 23.4 Å². The van der Waals surface area contributed by atoms with Crippen LogP contribution in [-0.2, 0) is 9.59 Å². The minimum atomic E-state index is -1.09. The second-order valence-electron chi connectivity index (χ2n) is 9.16. The van der Waals surface area contributed by atoms with E-state index in [1.54, 1.807) is 36.3 Å². The topological polar surface area (TPSA) is 172 Å². The molecular formula is C28H24N6O5S2. The van der Waals surface area contributed by atoms with Gasteiger partial charge in [-0.05, 0) is 48.7 Å². The number of anilines is 2. The van der Waals surface area contributed by atoms with Gasteiger partial charge in [-0.1, -0.05) is 41.3 Å². The number of hydrogen-bond donors (Lipinski definition) is 3. The standard InChI is InChI=1S/C28H24N6O5S2/c1-39-18-10-8-15(9-11-18)23-19(13-29)25(30)34(20-6-3-7-21(35)24(20)23)27-32-33-28(41-27)40-14-22(36)31-17-5-2-4-16(12-17)26(37)38/h2,4-5,8-12,23H,3,6-7,14,30H2,1H3,(H,31,36)(H,37,38). The molecule has 0 saturated heterocycles. The zero-order valence-electron chi connectivity index (χ0n) is 21.8. The van der Waals surface area contributed by atoms with Gasteiger partial charge >= 0.3 is 5.97 Å². The van der Waals surface area contributed by atoms with Crippen molar-refractivity contribution in [2.24, 2.45) is 5.73 Å². The fourth-order valence-electron chi connectivity index (χ4n) is 4.84. The van der Waals surface area contributed by atoms with Crippen LogP contribution in [0.1, 0.15) is 41.1 Å². The van der Waals surface area contributed by atoms with Crippen molar-refractivity contribution >= 4 is 51.6 Å². The molecule has 0 bridgehead atoms. The third-order valence-electron chi connectivity index (χ3n) is 6.67. The molecule has 1 aromatic heterocycles. The van der Waals surface area contributed by atoms with Crippen LogP contribution >= 0.6 is 23.1 Å². The van der Waals surface area contributed by atoms with E-state index in [0.717, 1.165) is 17.3 Å². The lowest BCUT2D eigenvalue weighted by molar-refractivity contribution is -0.116. The van der Waals surface area contributed by atoms with E-state index in [-0.39, 0.29) is 34.4 Å². The maximum absolute atomic E-state index is 13.3. The van der Waals surface area contributed by atoms with Crippen molar-refractivity contribution in [2.75, 3.05) is 23.1 Å². The maximum Gasteiger partial charge on any atom is 0.335 e. The van der Waals surface area contributed by atoms with Gasteiger partial charge in [0.05, 0.1) is 36.0 Å². The van der Waals surface area contributed by atoms with Gasteiger partial charge in [-0.15, -0.1) is 10.2 Å². The molecule has 2 aliphatic rings. The number of carbonyl (C=O) groups excluding carboxylic acids is 2. The number of nitrogens with zero attached hydrogens (tertiary/aromatic N) is 4. The predicted octanol–water partition coefficient (Wildman–Crippen LogP) is 4.28. The number of ether oxygens (including phenoxy) is 1. The molecule has 11 nitrogen and oxygen atoms in total. The summed E-state index contributed by atoms with van der Waals surface area (Å²) < 4.78 is 5.75. The second kappa shape index (κ2) is 11.8. The van der Waals surface area contributed by atoms with E-state index >= 15 is 0 Å². The zero-order valence-corrected chi connectivity index (χ0v) is 23.4. The monoisotopic (exact) mass is 588 g/mol. The lowest BCUT2D eigenvalue weighted by Gasteiger charge is -2.38. The Morgan fingerprint density at radius 2 is 2.02 bits per heavy atom. The number of aromatic carboxylic acids is 1. The summed E-state index contributed by atoms with van der Waals surface area (Å²) in [5.41, 5.74) is 9.27. The number of hydrogen-bond acceptors (Lipinski definition) is 11. The largest absolute Gasteiger partial charge is 0.497 e. The van der Waals surface area contributed by atoms with Gasteiger partial charge in [0.25, 0.3) is 0 Å². The molecule has 2 heterocycles. The molecule has 208 valence electrons. The number of nitrogens with two attached hydrogens (primary N) is 1. The van der Waals surface area contributed by atoms with E-state index in [2.05, 4.69) is 21.6 Å². The number of methoxy groups -OCH3 is 1. The van der Waals surface area contributed by atoms with Crippen molar-refractivity contribution < 1.29 is 24.2 Å². The van der Waals surface area contributed by atoms with Crippen molar-refractivity contribution in [3.05, 3.63) is 82.3 Å². The van der Waals surface area contributed by atoms with Gasteiger partial charge in [0.2, 0.25) is 11.0 Å². The summed E-state index contributed by atoms with van der Waals surface area (Å²) in [4.78, 5) is 38.6. The number of Topliss-reactive ketones (excluding diaryl/α,β-unsaturated/α-hetero) is 1. The first-order chi connectivity index (χ1) is 19.8. The number of rotatable bonds is 8. The van der Waals surface area contributed by atoms with Crippen LogP contribution in [0, 0.1) is 11.3 Å². The molecule has 1 amide bonds. The highest BCUT2D eigenvalue weighted by atomic mass is 32.2. The summed E-state index contributed by atoms with van der Waals surface area (Å²) in [6, 6.07) is 15.4. The highest BCUT2D eigenvalue weighted by molar-refractivity contribution is 8.01. The summed E-state index contributed by atoms with van der Waals surface area (Å²) in [5.74, 6) is -1.22. The molecule has 0 fully saturated rings. The third kappa shape index (κ3) is 5.65. The van der Waals surface area contributed by atoms with E-state index in [9.17, 15) is 19.6 Å². The number of benzene rings is 2. The van der Waals surface area contributed by atoms with Crippen LogP contribution in [0.15, 0.2) is 75.5 Å². The van der Waals surface area contributed by atoms with Crippen molar-refractivity contribution in [1.82, 2.24) is 10.2 Å². The normalized spacial score (nSPS) is 16.7. The molecule has 0 saturated carbocycles. The Balaban J connectivity index is 1.39. The quantitative estimate of drug-likeness (QED) is 0.321. The molecule has 2 aromatic carbocycles. The van der Waals surface area contributed by atoms with Crippen LogP contribution in [0.2, 0.25) is 0 Å². The fraction of sp³-hybridized carbons (Fsp3) is 0.214. The molecule has 1 atom stereocenters. The van der Waals surface area contributed by atoms with Crippen molar-refractivity contribution in [3.8, 4) is 11.8 Å².